The standard InChI is InChI=1S/C21H36N2O/c1-2-3-4-5-9-17-24-21-14-10-13-20(18-21)23-16-15-22-19-11-7-6-8-12-19/h10,13-14,18-19,22-23H,2-9,11-12,15-17H2,1H3. The third-order valence-electron chi connectivity index (χ3n) is 4.84. The molecular formula is C21H36N2O. The average molecular weight is 333 g/mol. The zero-order valence-corrected chi connectivity index (χ0v) is 15.5. The zero-order valence-electron chi connectivity index (χ0n) is 15.5. The fraction of sp³-hybridized carbons (Fsp3) is 0.714. The van der Waals surface area contributed by atoms with Crippen LogP contribution in [0.1, 0.15) is 71.1 Å². The molecule has 2 N–H and O–H groups in total. The Balaban J connectivity index is 1.57. The summed E-state index contributed by atoms with van der Waals surface area (Å²) in [4.78, 5) is 0. The monoisotopic (exact) mass is 332 g/mol. The molecule has 1 aromatic rings. The molecule has 2 rings (SSSR count). The summed E-state index contributed by atoms with van der Waals surface area (Å²) >= 11 is 0. The van der Waals surface area contributed by atoms with E-state index in [9.17, 15) is 0 Å². The molecule has 0 amide bonds. The van der Waals surface area contributed by atoms with Crippen molar-refractivity contribution in [2.75, 3.05) is 25.0 Å². The summed E-state index contributed by atoms with van der Waals surface area (Å²) in [5, 5.41) is 7.17. The normalized spacial score (nSPS) is 15.4. The third kappa shape index (κ3) is 8.05. The van der Waals surface area contributed by atoms with E-state index in [0.717, 1.165) is 43.6 Å². The lowest BCUT2D eigenvalue weighted by atomic mass is 9.95. The molecule has 1 aliphatic carbocycles. The van der Waals surface area contributed by atoms with Crippen LogP contribution in [-0.4, -0.2) is 25.7 Å². The minimum absolute atomic E-state index is 0.739. The van der Waals surface area contributed by atoms with E-state index in [2.05, 4.69) is 41.8 Å². The van der Waals surface area contributed by atoms with Crippen molar-refractivity contribution >= 4 is 5.69 Å². The van der Waals surface area contributed by atoms with Crippen molar-refractivity contribution in [1.82, 2.24) is 5.32 Å². The number of benzene rings is 1. The van der Waals surface area contributed by atoms with Gasteiger partial charge >= 0.3 is 0 Å². The van der Waals surface area contributed by atoms with Crippen LogP contribution in [0.2, 0.25) is 0 Å². The molecule has 0 spiro atoms. The molecule has 1 aromatic carbocycles. The topological polar surface area (TPSA) is 33.3 Å². The highest BCUT2D eigenvalue weighted by Crippen LogP contribution is 2.18. The van der Waals surface area contributed by atoms with Gasteiger partial charge in [-0.25, -0.2) is 0 Å². The quantitative estimate of drug-likeness (QED) is 0.505. The van der Waals surface area contributed by atoms with Crippen LogP contribution in [0.3, 0.4) is 0 Å². The lowest BCUT2D eigenvalue weighted by Crippen LogP contribution is -2.34. The SMILES string of the molecule is CCCCCCCOc1cccc(NCCNC2CCCCC2)c1. The molecule has 0 saturated heterocycles. The predicted octanol–water partition coefficient (Wildman–Crippen LogP) is 5.37. The molecule has 0 atom stereocenters. The van der Waals surface area contributed by atoms with Crippen LogP contribution >= 0.6 is 0 Å². The molecular weight excluding hydrogens is 296 g/mol. The summed E-state index contributed by atoms with van der Waals surface area (Å²) in [6, 6.07) is 9.10. The van der Waals surface area contributed by atoms with E-state index in [4.69, 9.17) is 4.74 Å². The highest BCUT2D eigenvalue weighted by atomic mass is 16.5. The second-order valence-corrected chi connectivity index (χ2v) is 7.01. The fourth-order valence-corrected chi connectivity index (χ4v) is 3.38. The molecule has 3 heteroatoms. The zero-order chi connectivity index (χ0) is 16.9. The van der Waals surface area contributed by atoms with Crippen molar-refractivity contribution in [1.29, 1.82) is 0 Å². The molecule has 0 bridgehead atoms. The number of unbranched alkanes of at least 4 members (excludes halogenated alkanes) is 4. The molecule has 1 fully saturated rings. The van der Waals surface area contributed by atoms with Crippen molar-refractivity contribution < 1.29 is 4.74 Å². The fourth-order valence-electron chi connectivity index (χ4n) is 3.38. The van der Waals surface area contributed by atoms with Gasteiger partial charge in [0.05, 0.1) is 6.61 Å². The Morgan fingerprint density at radius 1 is 1.00 bits per heavy atom. The summed E-state index contributed by atoms with van der Waals surface area (Å²) < 4.78 is 5.87. The Morgan fingerprint density at radius 3 is 2.67 bits per heavy atom. The second-order valence-electron chi connectivity index (χ2n) is 7.01. The van der Waals surface area contributed by atoms with Gasteiger partial charge in [-0.1, -0.05) is 57.9 Å². The van der Waals surface area contributed by atoms with Crippen LogP contribution in [0.5, 0.6) is 5.75 Å². The van der Waals surface area contributed by atoms with Gasteiger partial charge in [-0.2, -0.15) is 0 Å². The largest absolute Gasteiger partial charge is 0.494 e. The molecule has 0 heterocycles. The molecule has 0 radical (unpaired) electrons. The molecule has 24 heavy (non-hydrogen) atoms. The lowest BCUT2D eigenvalue weighted by Gasteiger charge is -2.23. The highest BCUT2D eigenvalue weighted by Gasteiger charge is 2.11. The van der Waals surface area contributed by atoms with Crippen LogP contribution in [0.4, 0.5) is 5.69 Å². The van der Waals surface area contributed by atoms with Gasteiger partial charge in [0.1, 0.15) is 5.75 Å². The van der Waals surface area contributed by atoms with Crippen LogP contribution < -0.4 is 15.4 Å². The van der Waals surface area contributed by atoms with E-state index in [1.165, 1.54) is 57.8 Å². The summed E-state index contributed by atoms with van der Waals surface area (Å²) in [5.41, 5.74) is 1.16. The van der Waals surface area contributed by atoms with E-state index in [1.807, 2.05) is 0 Å². The van der Waals surface area contributed by atoms with Gasteiger partial charge in [-0.05, 0) is 31.4 Å². The molecule has 3 nitrogen and oxygen atoms in total. The van der Waals surface area contributed by atoms with E-state index < -0.39 is 0 Å². The molecule has 1 aliphatic rings. The number of rotatable bonds is 12. The third-order valence-corrected chi connectivity index (χ3v) is 4.84. The maximum atomic E-state index is 5.87. The Labute approximate surface area is 148 Å². The van der Waals surface area contributed by atoms with Crippen LogP contribution in [0.25, 0.3) is 0 Å². The summed E-state index contributed by atoms with van der Waals surface area (Å²) in [5.74, 6) is 0.982. The molecule has 0 unspecified atom stereocenters. The van der Waals surface area contributed by atoms with Crippen LogP contribution in [-0.2, 0) is 0 Å². The van der Waals surface area contributed by atoms with Crippen molar-refractivity contribution in [2.45, 2.75) is 77.2 Å². The molecule has 1 saturated carbocycles. The van der Waals surface area contributed by atoms with Crippen molar-refractivity contribution in [3.05, 3.63) is 24.3 Å². The minimum Gasteiger partial charge on any atom is -0.494 e. The van der Waals surface area contributed by atoms with Gasteiger partial charge in [0.25, 0.3) is 0 Å². The van der Waals surface area contributed by atoms with E-state index in [-0.39, 0.29) is 0 Å². The maximum Gasteiger partial charge on any atom is 0.121 e. The Hall–Kier alpha value is -1.22. The van der Waals surface area contributed by atoms with Gasteiger partial charge < -0.3 is 15.4 Å². The number of nitrogens with one attached hydrogen (secondary N) is 2. The predicted molar refractivity (Wildman–Crippen MR) is 104 cm³/mol. The van der Waals surface area contributed by atoms with Gasteiger partial charge in [-0.15, -0.1) is 0 Å². The molecule has 136 valence electrons. The molecule has 0 aliphatic heterocycles. The van der Waals surface area contributed by atoms with Crippen LogP contribution in [0, 0.1) is 0 Å². The Bertz CT molecular complexity index is 430. The number of hydrogen-bond donors (Lipinski definition) is 2. The number of ether oxygens (including phenoxy) is 1. The van der Waals surface area contributed by atoms with Crippen molar-refractivity contribution in [2.24, 2.45) is 0 Å². The van der Waals surface area contributed by atoms with E-state index >= 15 is 0 Å². The first kappa shape index (κ1) is 19.1. The van der Waals surface area contributed by atoms with Gasteiger partial charge in [0.15, 0.2) is 0 Å². The second kappa shape index (κ2) is 12.2. The summed E-state index contributed by atoms with van der Waals surface area (Å²) in [7, 11) is 0. The summed E-state index contributed by atoms with van der Waals surface area (Å²) in [6.45, 7) is 5.08. The van der Waals surface area contributed by atoms with Gasteiger partial charge in [-0.3, -0.25) is 0 Å². The van der Waals surface area contributed by atoms with E-state index in [0.29, 0.717) is 0 Å². The number of anilines is 1. The van der Waals surface area contributed by atoms with E-state index in [1.54, 1.807) is 0 Å². The first-order valence-electron chi connectivity index (χ1n) is 10.1. The van der Waals surface area contributed by atoms with Crippen molar-refractivity contribution in [3.8, 4) is 5.75 Å². The number of hydrogen-bond acceptors (Lipinski definition) is 3. The minimum atomic E-state index is 0.739. The van der Waals surface area contributed by atoms with Crippen molar-refractivity contribution in [3.63, 3.8) is 0 Å². The summed E-state index contributed by atoms with van der Waals surface area (Å²) in [6.07, 6.45) is 13.3. The van der Waals surface area contributed by atoms with Gasteiger partial charge in [0, 0.05) is 30.9 Å². The maximum absolute atomic E-state index is 5.87. The average Bonchev–Trinajstić information content (AvgIpc) is 2.63. The first-order valence-corrected chi connectivity index (χ1v) is 10.1. The Kier molecular flexibility index (Phi) is 9.70. The lowest BCUT2D eigenvalue weighted by molar-refractivity contribution is 0.304. The Morgan fingerprint density at radius 2 is 1.83 bits per heavy atom. The highest BCUT2D eigenvalue weighted by molar-refractivity contribution is 5.48. The smallest absolute Gasteiger partial charge is 0.121 e. The first-order chi connectivity index (χ1) is 11.9. The molecule has 0 aromatic heterocycles. The van der Waals surface area contributed by atoms with Gasteiger partial charge in [0.2, 0.25) is 0 Å². The van der Waals surface area contributed by atoms with Crippen LogP contribution in [0.15, 0.2) is 24.3 Å².